The summed E-state index contributed by atoms with van der Waals surface area (Å²) >= 11 is 0. The first-order valence-corrected chi connectivity index (χ1v) is 8.35. The molecule has 2 aliphatic rings. The highest BCUT2D eigenvalue weighted by atomic mass is 16.2. The first-order chi connectivity index (χ1) is 10.3. The minimum atomic E-state index is 0.0823. The maximum atomic E-state index is 12.3. The zero-order chi connectivity index (χ0) is 14.5. The fraction of sp³-hybridized carbons (Fsp3) is 0.647. The fourth-order valence-electron chi connectivity index (χ4n) is 3.35. The van der Waals surface area contributed by atoms with Crippen molar-refractivity contribution in [3.63, 3.8) is 0 Å². The number of hydrogen-bond acceptors (Lipinski definition) is 3. The predicted octanol–water partition coefficient (Wildman–Crippen LogP) is 3.45. The third-order valence-corrected chi connectivity index (χ3v) is 4.60. The largest absolute Gasteiger partial charge is 0.381 e. The predicted molar refractivity (Wildman–Crippen MR) is 84.5 cm³/mol. The van der Waals surface area contributed by atoms with Gasteiger partial charge in [-0.05, 0) is 44.2 Å². The topological polar surface area (TPSA) is 45.2 Å². The summed E-state index contributed by atoms with van der Waals surface area (Å²) in [4.78, 5) is 18.6. The van der Waals surface area contributed by atoms with E-state index in [1.165, 1.54) is 38.5 Å². The van der Waals surface area contributed by atoms with E-state index in [0.29, 0.717) is 11.7 Å². The molecule has 4 nitrogen and oxygen atoms in total. The molecule has 1 amide bonds. The molecule has 0 spiro atoms. The molecule has 0 radical (unpaired) electrons. The van der Waals surface area contributed by atoms with Gasteiger partial charge in [-0.1, -0.05) is 19.3 Å². The van der Waals surface area contributed by atoms with Crippen LogP contribution < -0.4 is 5.32 Å². The number of nitrogens with zero attached hydrogens (tertiary/aromatic N) is 2. The highest BCUT2D eigenvalue weighted by molar-refractivity contribution is 5.92. The molecule has 21 heavy (non-hydrogen) atoms. The quantitative estimate of drug-likeness (QED) is 0.926. The Labute approximate surface area is 126 Å². The molecule has 1 aliphatic heterocycles. The zero-order valence-electron chi connectivity index (χ0n) is 12.7. The van der Waals surface area contributed by atoms with Crippen LogP contribution in [-0.2, 0) is 0 Å². The van der Waals surface area contributed by atoms with E-state index >= 15 is 0 Å². The summed E-state index contributed by atoms with van der Waals surface area (Å²) in [5.41, 5.74) is 1.61. The summed E-state index contributed by atoms with van der Waals surface area (Å²) < 4.78 is 0. The van der Waals surface area contributed by atoms with Crippen molar-refractivity contribution in [1.82, 2.24) is 9.88 Å². The molecule has 1 aromatic heterocycles. The molecule has 1 N–H and O–H groups in total. The molecular formula is C17H25N3O. The fourth-order valence-corrected chi connectivity index (χ4v) is 3.35. The lowest BCUT2D eigenvalue weighted by Gasteiger charge is -2.26. The van der Waals surface area contributed by atoms with Crippen LogP contribution in [0.3, 0.4) is 0 Å². The molecule has 4 heteroatoms. The molecule has 0 aromatic carbocycles. The average Bonchev–Trinajstić information content (AvgIpc) is 2.57. The number of aromatic nitrogens is 1. The molecular weight excluding hydrogens is 262 g/mol. The molecule has 1 aliphatic carbocycles. The number of amides is 1. The zero-order valence-corrected chi connectivity index (χ0v) is 12.7. The number of pyridine rings is 1. The Hall–Kier alpha value is -1.58. The van der Waals surface area contributed by atoms with E-state index in [0.717, 1.165) is 31.6 Å². The first-order valence-electron chi connectivity index (χ1n) is 8.35. The van der Waals surface area contributed by atoms with Crippen LogP contribution in [0, 0.1) is 0 Å². The van der Waals surface area contributed by atoms with Gasteiger partial charge < -0.3 is 10.2 Å². The molecule has 0 unspecified atom stereocenters. The van der Waals surface area contributed by atoms with Crippen LogP contribution in [0.4, 0.5) is 5.69 Å². The Balaban J connectivity index is 1.59. The lowest BCUT2D eigenvalue weighted by molar-refractivity contribution is 0.0718. The molecule has 0 bridgehead atoms. The standard InChI is InChI=1S/C17H25N3O/c21-17(20-11-5-2-6-12-20)16-10-9-15(13-18-16)19-14-7-3-1-4-8-14/h9-10,13-14,19H,1-8,11-12H2. The number of carbonyl (C=O) groups excluding carboxylic acids is 1. The van der Waals surface area contributed by atoms with E-state index in [-0.39, 0.29) is 5.91 Å². The van der Waals surface area contributed by atoms with Crippen molar-refractivity contribution in [2.24, 2.45) is 0 Å². The van der Waals surface area contributed by atoms with Gasteiger partial charge in [-0.25, -0.2) is 4.98 Å². The van der Waals surface area contributed by atoms with Gasteiger partial charge >= 0.3 is 0 Å². The van der Waals surface area contributed by atoms with Gasteiger partial charge in [0.05, 0.1) is 11.9 Å². The van der Waals surface area contributed by atoms with Crippen molar-refractivity contribution < 1.29 is 4.79 Å². The van der Waals surface area contributed by atoms with Crippen LogP contribution >= 0.6 is 0 Å². The van der Waals surface area contributed by atoms with Gasteiger partial charge in [0.15, 0.2) is 0 Å². The number of anilines is 1. The summed E-state index contributed by atoms with van der Waals surface area (Å²) in [7, 11) is 0. The van der Waals surface area contributed by atoms with Crippen LogP contribution in [0.2, 0.25) is 0 Å². The molecule has 2 fully saturated rings. The van der Waals surface area contributed by atoms with Gasteiger partial charge in [0, 0.05) is 19.1 Å². The van der Waals surface area contributed by atoms with Crippen molar-refractivity contribution in [3.05, 3.63) is 24.0 Å². The summed E-state index contributed by atoms with van der Waals surface area (Å²) in [6.45, 7) is 1.76. The van der Waals surface area contributed by atoms with E-state index in [4.69, 9.17) is 0 Å². The number of hydrogen-bond donors (Lipinski definition) is 1. The number of nitrogens with one attached hydrogen (secondary N) is 1. The lowest BCUT2D eigenvalue weighted by atomic mass is 9.95. The minimum Gasteiger partial charge on any atom is -0.381 e. The van der Waals surface area contributed by atoms with E-state index < -0.39 is 0 Å². The van der Waals surface area contributed by atoms with E-state index in [1.807, 2.05) is 23.2 Å². The normalized spacial score (nSPS) is 20.3. The van der Waals surface area contributed by atoms with Crippen LogP contribution in [-0.4, -0.2) is 34.9 Å². The van der Waals surface area contributed by atoms with Crippen molar-refractivity contribution in [1.29, 1.82) is 0 Å². The van der Waals surface area contributed by atoms with Crippen LogP contribution in [0.1, 0.15) is 61.9 Å². The van der Waals surface area contributed by atoms with Crippen molar-refractivity contribution in [3.8, 4) is 0 Å². The van der Waals surface area contributed by atoms with Gasteiger partial charge in [0.2, 0.25) is 0 Å². The van der Waals surface area contributed by atoms with E-state index in [9.17, 15) is 4.79 Å². The number of likely N-dealkylation sites (tertiary alicyclic amines) is 1. The Morgan fingerprint density at radius 3 is 2.43 bits per heavy atom. The summed E-state index contributed by atoms with van der Waals surface area (Å²) in [6, 6.07) is 4.44. The van der Waals surface area contributed by atoms with Gasteiger partial charge in [0.1, 0.15) is 5.69 Å². The number of piperidine rings is 1. The SMILES string of the molecule is O=C(c1ccc(NC2CCCCC2)cn1)N1CCCCC1. The third kappa shape index (κ3) is 3.74. The summed E-state index contributed by atoms with van der Waals surface area (Å²) in [6.07, 6.45) is 11.8. The lowest BCUT2D eigenvalue weighted by Crippen LogP contribution is -2.36. The monoisotopic (exact) mass is 287 g/mol. The number of rotatable bonds is 3. The number of carbonyl (C=O) groups is 1. The maximum absolute atomic E-state index is 12.3. The first kappa shape index (κ1) is 14.4. The molecule has 0 atom stereocenters. The molecule has 1 aromatic rings. The summed E-state index contributed by atoms with van der Waals surface area (Å²) in [5, 5.41) is 3.54. The Morgan fingerprint density at radius 1 is 1.05 bits per heavy atom. The van der Waals surface area contributed by atoms with Gasteiger partial charge in [-0.15, -0.1) is 0 Å². The highest BCUT2D eigenvalue weighted by Gasteiger charge is 2.19. The Morgan fingerprint density at radius 2 is 1.76 bits per heavy atom. The smallest absolute Gasteiger partial charge is 0.272 e. The summed E-state index contributed by atoms with van der Waals surface area (Å²) in [5.74, 6) is 0.0823. The molecule has 1 saturated heterocycles. The van der Waals surface area contributed by atoms with Crippen molar-refractivity contribution in [2.75, 3.05) is 18.4 Å². The van der Waals surface area contributed by atoms with E-state index in [2.05, 4.69) is 10.3 Å². The van der Waals surface area contributed by atoms with Crippen molar-refractivity contribution in [2.45, 2.75) is 57.4 Å². The average molecular weight is 287 g/mol. The second-order valence-electron chi connectivity index (χ2n) is 6.26. The molecule has 114 valence electrons. The van der Waals surface area contributed by atoms with Gasteiger partial charge in [-0.3, -0.25) is 4.79 Å². The maximum Gasteiger partial charge on any atom is 0.272 e. The van der Waals surface area contributed by atoms with Crippen LogP contribution in [0.15, 0.2) is 18.3 Å². The minimum absolute atomic E-state index is 0.0823. The van der Waals surface area contributed by atoms with Crippen LogP contribution in [0.5, 0.6) is 0 Å². The molecule has 1 saturated carbocycles. The second-order valence-corrected chi connectivity index (χ2v) is 6.26. The Kier molecular flexibility index (Phi) is 4.73. The Bertz CT molecular complexity index is 459. The van der Waals surface area contributed by atoms with E-state index in [1.54, 1.807) is 0 Å². The highest BCUT2D eigenvalue weighted by Crippen LogP contribution is 2.21. The van der Waals surface area contributed by atoms with Crippen LogP contribution in [0.25, 0.3) is 0 Å². The molecule has 3 rings (SSSR count). The van der Waals surface area contributed by atoms with Gasteiger partial charge in [0.25, 0.3) is 5.91 Å². The van der Waals surface area contributed by atoms with Gasteiger partial charge in [-0.2, -0.15) is 0 Å². The third-order valence-electron chi connectivity index (χ3n) is 4.60. The molecule has 2 heterocycles. The second kappa shape index (κ2) is 6.92. The van der Waals surface area contributed by atoms with Crippen molar-refractivity contribution >= 4 is 11.6 Å².